The highest BCUT2D eigenvalue weighted by atomic mass is 32.2. The maximum atomic E-state index is 13.0. The van der Waals surface area contributed by atoms with Gasteiger partial charge in [-0.3, -0.25) is 14.2 Å². The summed E-state index contributed by atoms with van der Waals surface area (Å²) in [7, 11) is 0. The molecule has 1 amide bonds. The highest BCUT2D eigenvalue weighted by Gasteiger charge is 2.18. The van der Waals surface area contributed by atoms with Crippen LogP contribution in [0.3, 0.4) is 0 Å². The number of nitrogens with zero attached hydrogens (tertiary/aromatic N) is 3. The Morgan fingerprint density at radius 2 is 1.92 bits per heavy atom. The highest BCUT2D eigenvalue weighted by molar-refractivity contribution is 7.99. The van der Waals surface area contributed by atoms with Crippen LogP contribution < -0.4 is 5.56 Å². The molecular formula is C18H27N3O2S2. The number of hydrogen-bond acceptors (Lipinski definition) is 5. The summed E-state index contributed by atoms with van der Waals surface area (Å²) in [6.45, 7) is 12.1. The van der Waals surface area contributed by atoms with Crippen molar-refractivity contribution in [1.82, 2.24) is 14.5 Å². The third-order valence-corrected chi connectivity index (χ3v) is 6.49. The summed E-state index contributed by atoms with van der Waals surface area (Å²) >= 11 is 2.93. The summed E-state index contributed by atoms with van der Waals surface area (Å²) in [5.41, 5.74) is 1.05. The van der Waals surface area contributed by atoms with Gasteiger partial charge in [-0.1, -0.05) is 25.1 Å². The van der Waals surface area contributed by atoms with Crippen LogP contribution in [0, 0.1) is 13.8 Å². The summed E-state index contributed by atoms with van der Waals surface area (Å²) < 4.78 is 1.76. The first-order valence-corrected chi connectivity index (χ1v) is 10.7. The summed E-state index contributed by atoms with van der Waals surface area (Å²) in [6.07, 6.45) is 1.93. The summed E-state index contributed by atoms with van der Waals surface area (Å²) in [6, 6.07) is 0. The van der Waals surface area contributed by atoms with Gasteiger partial charge in [-0.2, -0.15) is 0 Å². The van der Waals surface area contributed by atoms with E-state index in [1.54, 1.807) is 20.8 Å². The largest absolute Gasteiger partial charge is 0.343 e. The molecule has 138 valence electrons. The standard InChI is InChI=1S/C18H27N3O2S2/c1-6-9-10-21-17(23)15-12(4)13(5)25-16(15)19-18(21)24-11-14(22)20(7-2)8-3/h6-11H2,1-5H3. The molecular weight excluding hydrogens is 354 g/mol. The minimum absolute atomic E-state index is 0.0260. The Kier molecular flexibility index (Phi) is 7.07. The molecule has 2 aromatic rings. The van der Waals surface area contributed by atoms with Crippen molar-refractivity contribution in [2.45, 2.75) is 59.2 Å². The third kappa shape index (κ3) is 4.26. The van der Waals surface area contributed by atoms with Crippen LogP contribution in [0.5, 0.6) is 0 Å². The Hall–Kier alpha value is -1.34. The molecule has 0 aromatic carbocycles. The molecule has 5 nitrogen and oxygen atoms in total. The van der Waals surface area contributed by atoms with Crippen LogP contribution in [0.2, 0.25) is 0 Å². The zero-order chi connectivity index (χ0) is 18.6. The molecule has 0 radical (unpaired) electrons. The molecule has 0 aliphatic carbocycles. The molecule has 25 heavy (non-hydrogen) atoms. The molecule has 0 saturated carbocycles. The van der Waals surface area contributed by atoms with Gasteiger partial charge in [-0.25, -0.2) is 4.98 Å². The van der Waals surface area contributed by atoms with Crippen LogP contribution in [0.4, 0.5) is 0 Å². The SMILES string of the molecule is CCCCn1c(SCC(=O)N(CC)CC)nc2sc(C)c(C)c2c1=O. The van der Waals surface area contributed by atoms with Crippen molar-refractivity contribution in [2.75, 3.05) is 18.8 Å². The van der Waals surface area contributed by atoms with E-state index in [4.69, 9.17) is 4.98 Å². The number of amides is 1. The molecule has 0 N–H and O–H groups in total. The number of carbonyl (C=O) groups excluding carboxylic acids is 1. The zero-order valence-corrected chi connectivity index (χ0v) is 17.4. The molecule has 2 aromatic heterocycles. The van der Waals surface area contributed by atoms with E-state index in [1.165, 1.54) is 11.8 Å². The number of aromatic nitrogens is 2. The maximum absolute atomic E-state index is 13.0. The fourth-order valence-corrected chi connectivity index (χ4v) is 4.72. The molecule has 0 bridgehead atoms. The second kappa shape index (κ2) is 8.85. The lowest BCUT2D eigenvalue weighted by atomic mass is 10.2. The minimum Gasteiger partial charge on any atom is -0.343 e. The van der Waals surface area contributed by atoms with Gasteiger partial charge in [0.15, 0.2) is 5.16 Å². The quantitative estimate of drug-likeness (QED) is 0.515. The number of thioether (sulfide) groups is 1. The zero-order valence-electron chi connectivity index (χ0n) is 15.7. The first kappa shape index (κ1) is 20.0. The van der Waals surface area contributed by atoms with E-state index in [0.29, 0.717) is 30.5 Å². The molecule has 0 aliphatic rings. The molecule has 0 saturated heterocycles. The molecule has 0 fully saturated rings. The van der Waals surface area contributed by atoms with Crippen molar-refractivity contribution < 1.29 is 4.79 Å². The monoisotopic (exact) mass is 381 g/mol. The summed E-state index contributed by atoms with van der Waals surface area (Å²) in [4.78, 5) is 33.7. The first-order chi connectivity index (χ1) is 11.9. The Morgan fingerprint density at radius 1 is 1.24 bits per heavy atom. The van der Waals surface area contributed by atoms with Crippen molar-refractivity contribution >= 4 is 39.2 Å². The minimum atomic E-state index is 0.0260. The fourth-order valence-electron chi connectivity index (χ4n) is 2.73. The van der Waals surface area contributed by atoms with Crippen LogP contribution in [0.1, 0.15) is 44.1 Å². The van der Waals surface area contributed by atoms with E-state index in [9.17, 15) is 9.59 Å². The van der Waals surface area contributed by atoms with Crippen LogP contribution in [-0.2, 0) is 11.3 Å². The molecule has 7 heteroatoms. The maximum Gasteiger partial charge on any atom is 0.263 e. The van der Waals surface area contributed by atoms with Gasteiger partial charge in [0.1, 0.15) is 4.83 Å². The van der Waals surface area contributed by atoms with Gasteiger partial charge in [0, 0.05) is 24.5 Å². The van der Waals surface area contributed by atoms with E-state index < -0.39 is 0 Å². The summed E-state index contributed by atoms with van der Waals surface area (Å²) in [5.74, 6) is 0.402. The van der Waals surface area contributed by atoms with Crippen molar-refractivity contribution in [2.24, 2.45) is 0 Å². The average molecular weight is 382 g/mol. The second-order valence-corrected chi connectivity index (χ2v) is 8.17. The van der Waals surface area contributed by atoms with Crippen LogP contribution in [0.25, 0.3) is 10.2 Å². The van der Waals surface area contributed by atoms with E-state index in [-0.39, 0.29) is 11.5 Å². The van der Waals surface area contributed by atoms with Gasteiger partial charge in [-0.15, -0.1) is 11.3 Å². The average Bonchev–Trinajstić information content (AvgIpc) is 2.88. The number of fused-ring (bicyclic) bond motifs is 1. The fraction of sp³-hybridized carbons (Fsp3) is 0.611. The number of unbranched alkanes of at least 4 members (excludes halogenated alkanes) is 1. The Labute approximate surface area is 157 Å². The normalized spacial score (nSPS) is 11.2. The first-order valence-electron chi connectivity index (χ1n) is 8.85. The van der Waals surface area contributed by atoms with Crippen molar-refractivity contribution in [3.8, 4) is 0 Å². The lowest BCUT2D eigenvalue weighted by molar-refractivity contribution is -0.127. The van der Waals surface area contributed by atoms with Crippen LogP contribution >= 0.6 is 23.1 Å². The van der Waals surface area contributed by atoms with Gasteiger partial charge in [-0.05, 0) is 39.7 Å². The van der Waals surface area contributed by atoms with Crippen LogP contribution in [0.15, 0.2) is 9.95 Å². The van der Waals surface area contributed by atoms with Gasteiger partial charge < -0.3 is 4.90 Å². The smallest absolute Gasteiger partial charge is 0.263 e. The molecule has 0 spiro atoms. The van der Waals surface area contributed by atoms with Gasteiger partial charge in [0.2, 0.25) is 5.91 Å². The van der Waals surface area contributed by atoms with E-state index in [0.717, 1.165) is 33.5 Å². The molecule has 0 unspecified atom stereocenters. The Bertz CT molecular complexity index is 807. The highest BCUT2D eigenvalue weighted by Crippen LogP contribution is 2.28. The predicted octanol–water partition coefficient (Wildman–Crippen LogP) is 3.84. The van der Waals surface area contributed by atoms with Gasteiger partial charge in [0.05, 0.1) is 11.1 Å². The van der Waals surface area contributed by atoms with E-state index in [2.05, 4.69) is 6.92 Å². The Morgan fingerprint density at radius 3 is 2.52 bits per heavy atom. The van der Waals surface area contributed by atoms with Gasteiger partial charge >= 0.3 is 0 Å². The van der Waals surface area contributed by atoms with E-state index >= 15 is 0 Å². The number of hydrogen-bond donors (Lipinski definition) is 0. The lowest BCUT2D eigenvalue weighted by Crippen LogP contribution is -2.32. The number of aryl methyl sites for hydroxylation is 2. The molecule has 0 aliphatic heterocycles. The van der Waals surface area contributed by atoms with Crippen molar-refractivity contribution in [3.05, 3.63) is 20.8 Å². The molecule has 0 atom stereocenters. The van der Waals surface area contributed by atoms with Crippen LogP contribution in [-0.4, -0.2) is 39.2 Å². The Balaban J connectivity index is 2.40. The number of carbonyl (C=O) groups is 1. The van der Waals surface area contributed by atoms with Crippen molar-refractivity contribution in [3.63, 3.8) is 0 Å². The predicted molar refractivity (Wildman–Crippen MR) is 107 cm³/mol. The molecule has 2 rings (SSSR count). The number of rotatable bonds is 8. The van der Waals surface area contributed by atoms with E-state index in [1.807, 2.05) is 27.7 Å². The van der Waals surface area contributed by atoms with Crippen molar-refractivity contribution in [1.29, 1.82) is 0 Å². The lowest BCUT2D eigenvalue weighted by Gasteiger charge is -2.18. The number of thiophene rings is 1. The van der Waals surface area contributed by atoms with Gasteiger partial charge in [0.25, 0.3) is 5.56 Å². The topological polar surface area (TPSA) is 55.2 Å². The molecule has 2 heterocycles. The summed E-state index contributed by atoms with van der Waals surface area (Å²) in [5, 5.41) is 1.39. The third-order valence-electron chi connectivity index (χ3n) is 4.43. The second-order valence-electron chi connectivity index (χ2n) is 6.02.